The van der Waals surface area contributed by atoms with Gasteiger partial charge in [-0.3, -0.25) is 0 Å². The molecule has 176 valence electrons. The standard InChI is InChI=1S/C31H52/c1-4-6-12-27-17-19-28(20-18-27)13-7-8-14-30-15-9-10-16-31(30)25(3)29-23-21-26(11-5-2)22-24-29/h4,7,13,26-31H,1,3,5-6,8-12,14-24H2,2H3/b13-7+. The van der Waals surface area contributed by atoms with E-state index in [1.807, 2.05) is 0 Å². The van der Waals surface area contributed by atoms with Crippen molar-refractivity contribution in [2.75, 3.05) is 0 Å². The molecule has 2 atom stereocenters. The van der Waals surface area contributed by atoms with Gasteiger partial charge in [-0.25, -0.2) is 0 Å². The molecule has 0 heteroatoms. The predicted molar refractivity (Wildman–Crippen MR) is 138 cm³/mol. The summed E-state index contributed by atoms with van der Waals surface area (Å²) >= 11 is 0. The minimum atomic E-state index is 0.829. The Bertz CT molecular complexity index is 538. The zero-order valence-corrected chi connectivity index (χ0v) is 20.8. The Hall–Kier alpha value is -0.780. The van der Waals surface area contributed by atoms with Gasteiger partial charge in [0.1, 0.15) is 0 Å². The van der Waals surface area contributed by atoms with Crippen LogP contribution in [0.3, 0.4) is 0 Å². The van der Waals surface area contributed by atoms with Gasteiger partial charge in [-0.05, 0) is 125 Å². The van der Waals surface area contributed by atoms with Crippen molar-refractivity contribution >= 4 is 0 Å². The summed E-state index contributed by atoms with van der Waals surface area (Å²) < 4.78 is 0. The van der Waals surface area contributed by atoms with Gasteiger partial charge in [0.2, 0.25) is 0 Å². The Morgan fingerprint density at radius 1 is 0.774 bits per heavy atom. The van der Waals surface area contributed by atoms with E-state index in [0.29, 0.717) is 0 Å². The van der Waals surface area contributed by atoms with E-state index in [1.54, 1.807) is 5.57 Å². The molecule has 3 aliphatic carbocycles. The molecular formula is C31H52. The van der Waals surface area contributed by atoms with Crippen molar-refractivity contribution in [3.8, 4) is 0 Å². The van der Waals surface area contributed by atoms with Crippen LogP contribution >= 0.6 is 0 Å². The van der Waals surface area contributed by atoms with Crippen LogP contribution in [0.2, 0.25) is 0 Å². The van der Waals surface area contributed by atoms with Gasteiger partial charge < -0.3 is 0 Å². The molecule has 0 heterocycles. The second-order valence-electron chi connectivity index (χ2n) is 11.4. The Labute approximate surface area is 195 Å². The van der Waals surface area contributed by atoms with E-state index in [2.05, 4.69) is 31.7 Å². The van der Waals surface area contributed by atoms with Crippen LogP contribution in [-0.2, 0) is 0 Å². The molecule has 3 saturated carbocycles. The highest BCUT2D eigenvalue weighted by atomic mass is 14.4. The van der Waals surface area contributed by atoms with Gasteiger partial charge in [0, 0.05) is 0 Å². The molecule has 0 bridgehead atoms. The Kier molecular flexibility index (Phi) is 11.0. The fourth-order valence-corrected chi connectivity index (χ4v) is 7.20. The largest absolute Gasteiger partial charge is 0.103 e. The minimum Gasteiger partial charge on any atom is -0.103 e. The molecule has 0 aromatic heterocycles. The van der Waals surface area contributed by atoms with Crippen LogP contribution in [0.15, 0.2) is 37.0 Å². The minimum absolute atomic E-state index is 0.829. The first-order valence-electron chi connectivity index (χ1n) is 14.2. The Balaban J connectivity index is 1.39. The monoisotopic (exact) mass is 424 g/mol. The molecule has 0 aliphatic heterocycles. The molecule has 3 fully saturated rings. The molecule has 31 heavy (non-hydrogen) atoms. The maximum atomic E-state index is 4.73. The summed E-state index contributed by atoms with van der Waals surface area (Å²) in [5.41, 5.74) is 1.67. The average Bonchev–Trinajstić information content (AvgIpc) is 2.82. The predicted octanol–water partition coefficient (Wildman–Crippen LogP) is 10.1. The number of allylic oxidation sites excluding steroid dienone is 4. The Morgan fingerprint density at radius 3 is 2.16 bits per heavy atom. The fourth-order valence-electron chi connectivity index (χ4n) is 7.20. The maximum absolute atomic E-state index is 4.73. The highest BCUT2D eigenvalue weighted by Crippen LogP contribution is 2.44. The zero-order valence-electron chi connectivity index (χ0n) is 20.8. The van der Waals surface area contributed by atoms with Crippen LogP contribution in [-0.4, -0.2) is 0 Å². The second kappa shape index (κ2) is 13.7. The first-order chi connectivity index (χ1) is 15.2. The lowest BCUT2D eigenvalue weighted by atomic mass is 9.67. The number of hydrogen-bond acceptors (Lipinski definition) is 0. The molecular weight excluding hydrogens is 372 g/mol. The van der Waals surface area contributed by atoms with Crippen molar-refractivity contribution in [3.63, 3.8) is 0 Å². The highest BCUT2D eigenvalue weighted by Gasteiger charge is 2.32. The molecule has 0 aromatic rings. The van der Waals surface area contributed by atoms with E-state index in [-0.39, 0.29) is 0 Å². The number of rotatable bonds is 11. The van der Waals surface area contributed by atoms with Crippen LogP contribution in [0.25, 0.3) is 0 Å². The molecule has 0 nitrogen and oxygen atoms in total. The zero-order chi connectivity index (χ0) is 21.9. The maximum Gasteiger partial charge on any atom is -0.0175 e. The summed E-state index contributed by atoms with van der Waals surface area (Å²) in [4.78, 5) is 0. The van der Waals surface area contributed by atoms with Gasteiger partial charge in [0.15, 0.2) is 0 Å². The topological polar surface area (TPSA) is 0 Å². The third kappa shape index (κ3) is 7.94. The quantitative estimate of drug-likeness (QED) is 0.289. The SMILES string of the molecule is C=CCCC1CCC(/C=C/CCC2CCCCC2C(=C)C2CCC(CCC)CC2)CC1. The summed E-state index contributed by atoms with van der Waals surface area (Å²) in [5, 5.41) is 0. The van der Waals surface area contributed by atoms with E-state index in [9.17, 15) is 0 Å². The van der Waals surface area contributed by atoms with Gasteiger partial charge in [-0.2, -0.15) is 0 Å². The first kappa shape index (κ1) is 24.9. The normalized spacial score (nSPS) is 34.6. The molecule has 0 radical (unpaired) electrons. The summed E-state index contributed by atoms with van der Waals surface area (Å²) in [7, 11) is 0. The van der Waals surface area contributed by atoms with Crippen molar-refractivity contribution in [3.05, 3.63) is 37.0 Å². The smallest absolute Gasteiger partial charge is 0.0175 e. The third-order valence-corrected chi connectivity index (χ3v) is 9.24. The lowest BCUT2D eigenvalue weighted by Gasteiger charge is -2.38. The van der Waals surface area contributed by atoms with Gasteiger partial charge in [0.05, 0.1) is 0 Å². The van der Waals surface area contributed by atoms with Crippen LogP contribution in [0, 0.1) is 35.5 Å². The van der Waals surface area contributed by atoms with Crippen molar-refractivity contribution in [2.24, 2.45) is 35.5 Å². The van der Waals surface area contributed by atoms with Gasteiger partial charge in [-0.1, -0.05) is 63.0 Å². The van der Waals surface area contributed by atoms with Gasteiger partial charge in [0.25, 0.3) is 0 Å². The fraction of sp³-hybridized carbons (Fsp3) is 0.806. The molecule has 0 aromatic carbocycles. The second-order valence-corrected chi connectivity index (χ2v) is 11.4. The molecule has 3 rings (SSSR count). The van der Waals surface area contributed by atoms with Crippen LogP contribution in [0.1, 0.15) is 122 Å². The highest BCUT2D eigenvalue weighted by molar-refractivity contribution is 5.10. The summed E-state index contributed by atoms with van der Waals surface area (Å²) in [6.45, 7) is 11.0. The van der Waals surface area contributed by atoms with Crippen molar-refractivity contribution in [1.82, 2.24) is 0 Å². The third-order valence-electron chi connectivity index (χ3n) is 9.24. The van der Waals surface area contributed by atoms with Crippen LogP contribution in [0.4, 0.5) is 0 Å². The molecule has 0 saturated heterocycles. The molecule has 0 amide bonds. The van der Waals surface area contributed by atoms with Gasteiger partial charge >= 0.3 is 0 Å². The summed E-state index contributed by atoms with van der Waals surface area (Å²) in [6, 6.07) is 0. The lowest BCUT2D eigenvalue weighted by Crippen LogP contribution is -2.26. The van der Waals surface area contributed by atoms with Gasteiger partial charge in [-0.15, -0.1) is 6.58 Å². The van der Waals surface area contributed by atoms with E-state index in [1.165, 1.54) is 116 Å². The molecule has 0 N–H and O–H groups in total. The number of hydrogen-bond donors (Lipinski definition) is 0. The van der Waals surface area contributed by atoms with E-state index < -0.39 is 0 Å². The van der Waals surface area contributed by atoms with Crippen LogP contribution < -0.4 is 0 Å². The van der Waals surface area contributed by atoms with Crippen LogP contribution in [0.5, 0.6) is 0 Å². The summed E-state index contributed by atoms with van der Waals surface area (Å²) in [5.74, 6) is 5.41. The molecule has 2 unspecified atom stereocenters. The van der Waals surface area contributed by atoms with E-state index >= 15 is 0 Å². The molecule has 0 spiro atoms. The average molecular weight is 425 g/mol. The van der Waals surface area contributed by atoms with Crippen molar-refractivity contribution in [1.29, 1.82) is 0 Å². The van der Waals surface area contributed by atoms with Crippen molar-refractivity contribution < 1.29 is 0 Å². The first-order valence-corrected chi connectivity index (χ1v) is 14.2. The van der Waals surface area contributed by atoms with Crippen molar-refractivity contribution in [2.45, 2.75) is 122 Å². The lowest BCUT2D eigenvalue weighted by molar-refractivity contribution is 0.216. The van der Waals surface area contributed by atoms with E-state index in [0.717, 1.165) is 35.5 Å². The molecule has 3 aliphatic rings. The Morgan fingerprint density at radius 2 is 1.45 bits per heavy atom. The van der Waals surface area contributed by atoms with E-state index in [4.69, 9.17) is 6.58 Å². The summed E-state index contributed by atoms with van der Waals surface area (Å²) in [6.07, 6.45) is 32.6.